The number of rotatable bonds is 5. The first-order valence-corrected chi connectivity index (χ1v) is 8.51. The quantitative estimate of drug-likeness (QED) is 0.786. The van der Waals surface area contributed by atoms with Gasteiger partial charge in [0.05, 0.1) is 0 Å². The van der Waals surface area contributed by atoms with Crippen molar-refractivity contribution in [1.29, 1.82) is 0 Å². The fourth-order valence-corrected chi connectivity index (χ4v) is 2.92. The van der Waals surface area contributed by atoms with E-state index in [9.17, 15) is 9.59 Å². The second-order valence-corrected chi connectivity index (χ2v) is 6.25. The number of hydrogen-bond acceptors (Lipinski definition) is 2. The zero-order chi connectivity index (χ0) is 17.6. The van der Waals surface area contributed by atoms with E-state index >= 15 is 0 Å². The third-order valence-electron chi connectivity index (χ3n) is 4.34. The van der Waals surface area contributed by atoms with Gasteiger partial charge in [0.25, 0.3) is 0 Å². The molecule has 3 rings (SSSR count). The van der Waals surface area contributed by atoms with Crippen molar-refractivity contribution in [3.8, 4) is 0 Å². The Balaban J connectivity index is 1.59. The van der Waals surface area contributed by atoms with Crippen LogP contribution < -0.4 is 4.90 Å². The minimum atomic E-state index is -0.0392. The normalized spacial score (nSPS) is 14.3. The van der Waals surface area contributed by atoms with Crippen molar-refractivity contribution in [1.82, 2.24) is 4.90 Å². The minimum Gasteiger partial charge on any atom is -0.338 e. The predicted molar refractivity (Wildman–Crippen MR) is 100.0 cm³/mol. The van der Waals surface area contributed by atoms with Crippen LogP contribution in [0.2, 0.25) is 0 Å². The second kappa shape index (κ2) is 7.79. The fourth-order valence-electron chi connectivity index (χ4n) is 2.92. The highest BCUT2D eigenvalue weighted by Gasteiger charge is 2.21. The molecule has 0 aromatic heterocycles. The van der Waals surface area contributed by atoms with Gasteiger partial charge in [0.15, 0.2) is 0 Å². The van der Waals surface area contributed by atoms with E-state index < -0.39 is 0 Å². The van der Waals surface area contributed by atoms with E-state index in [4.69, 9.17) is 0 Å². The summed E-state index contributed by atoms with van der Waals surface area (Å²) >= 11 is 0. The molecular formula is C21H22N2O2. The van der Waals surface area contributed by atoms with E-state index in [0.717, 1.165) is 29.8 Å². The van der Waals surface area contributed by atoms with Crippen LogP contribution in [0.4, 0.5) is 5.69 Å². The summed E-state index contributed by atoms with van der Waals surface area (Å²) in [5.74, 6) is 0.142. The molecule has 4 heteroatoms. The molecular weight excluding hydrogens is 312 g/mol. The van der Waals surface area contributed by atoms with E-state index in [2.05, 4.69) is 0 Å². The van der Waals surface area contributed by atoms with E-state index in [1.54, 1.807) is 24.1 Å². The van der Waals surface area contributed by atoms with Crippen LogP contribution in [0, 0.1) is 0 Å². The molecule has 2 aromatic rings. The van der Waals surface area contributed by atoms with Gasteiger partial charge in [-0.2, -0.15) is 0 Å². The van der Waals surface area contributed by atoms with E-state index in [1.165, 1.54) is 0 Å². The lowest BCUT2D eigenvalue weighted by Crippen LogP contribution is -2.24. The third kappa shape index (κ3) is 4.35. The maximum Gasteiger partial charge on any atom is 0.246 e. The number of likely N-dealkylation sites (N-methyl/N-ethyl adjacent to an activating group) is 1. The summed E-state index contributed by atoms with van der Waals surface area (Å²) in [5, 5.41) is 0. The summed E-state index contributed by atoms with van der Waals surface area (Å²) in [6.45, 7) is 1.37. The molecule has 0 saturated carbocycles. The molecule has 0 atom stereocenters. The molecule has 1 saturated heterocycles. The average Bonchev–Trinajstić information content (AvgIpc) is 3.07. The Morgan fingerprint density at radius 2 is 1.84 bits per heavy atom. The maximum absolute atomic E-state index is 12.2. The maximum atomic E-state index is 12.2. The Labute approximate surface area is 148 Å². The third-order valence-corrected chi connectivity index (χ3v) is 4.34. The van der Waals surface area contributed by atoms with Crippen LogP contribution in [0.5, 0.6) is 0 Å². The topological polar surface area (TPSA) is 40.6 Å². The van der Waals surface area contributed by atoms with Gasteiger partial charge in [-0.25, -0.2) is 0 Å². The number of anilines is 1. The van der Waals surface area contributed by atoms with Crippen LogP contribution >= 0.6 is 0 Å². The first kappa shape index (κ1) is 17.0. The van der Waals surface area contributed by atoms with Gasteiger partial charge in [-0.05, 0) is 35.8 Å². The lowest BCUT2D eigenvalue weighted by Gasteiger charge is -2.16. The molecule has 2 aromatic carbocycles. The Morgan fingerprint density at radius 3 is 2.48 bits per heavy atom. The summed E-state index contributed by atoms with van der Waals surface area (Å²) in [6, 6.07) is 17.6. The molecule has 0 spiro atoms. The van der Waals surface area contributed by atoms with Crippen LogP contribution in [-0.4, -0.2) is 30.3 Å². The average molecular weight is 334 g/mol. The van der Waals surface area contributed by atoms with Crippen molar-refractivity contribution in [2.24, 2.45) is 0 Å². The number of carbonyl (C=O) groups excluding carboxylic acids is 2. The zero-order valence-electron chi connectivity index (χ0n) is 14.4. The summed E-state index contributed by atoms with van der Waals surface area (Å²) in [7, 11) is 1.79. The van der Waals surface area contributed by atoms with Gasteiger partial charge in [0, 0.05) is 38.3 Å². The van der Waals surface area contributed by atoms with Crippen LogP contribution in [-0.2, 0) is 16.1 Å². The Hall–Kier alpha value is -2.88. The van der Waals surface area contributed by atoms with Gasteiger partial charge in [-0.3, -0.25) is 9.59 Å². The van der Waals surface area contributed by atoms with Crippen LogP contribution in [0.15, 0.2) is 60.7 Å². The lowest BCUT2D eigenvalue weighted by atomic mass is 10.1. The van der Waals surface area contributed by atoms with E-state index in [1.807, 2.05) is 59.5 Å². The molecule has 2 amide bonds. The van der Waals surface area contributed by atoms with E-state index in [-0.39, 0.29) is 11.8 Å². The fraction of sp³-hybridized carbons (Fsp3) is 0.238. The molecule has 0 aliphatic carbocycles. The zero-order valence-corrected chi connectivity index (χ0v) is 14.4. The summed E-state index contributed by atoms with van der Waals surface area (Å²) in [6.07, 6.45) is 4.94. The highest BCUT2D eigenvalue weighted by molar-refractivity contribution is 5.95. The van der Waals surface area contributed by atoms with Gasteiger partial charge in [-0.1, -0.05) is 42.5 Å². The predicted octanol–water partition coefficient (Wildman–Crippen LogP) is 3.49. The van der Waals surface area contributed by atoms with Crippen molar-refractivity contribution >= 4 is 23.6 Å². The van der Waals surface area contributed by atoms with Gasteiger partial charge in [0.2, 0.25) is 11.8 Å². The van der Waals surface area contributed by atoms with Gasteiger partial charge < -0.3 is 9.80 Å². The molecule has 1 fully saturated rings. The molecule has 4 nitrogen and oxygen atoms in total. The number of benzene rings is 2. The Bertz CT molecular complexity index is 766. The SMILES string of the molecule is CN(Cc1ccccc1)C(=O)/C=C/c1ccc(N2CCCC2=O)cc1. The molecule has 0 N–H and O–H groups in total. The van der Waals surface area contributed by atoms with Crippen LogP contribution in [0.3, 0.4) is 0 Å². The van der Waals surface area contributed by atoms with Crippen molar-refractivity contribution < 1.29 is 9.59 Å². The summed E-state index contributed by atoms with van der Waals surface area (Å²) < 4.78 is 0. The van der Waals surface area contributed by atoms with E-state index in [0.29, 0.717) is 13.0 Å². The smallest absolute Gasteiger partial charge is 0.246 e. The van der Waals surface area contributed by atoms with Gasteiger partial charge >= 0.3 is 0 Å². The van der Waals surface area contributed by atoms with Gasteiger partial charge in [0.1, 0.15) is 0 Å². The van der Waals surface area contributed by atoms with Crippen molar-refractivity contribution in [2.75, 3.05) is 18.5 Å². The number of carbonyl (C=O) groups is 2. The molecule has 1 aliphatic rings. The highest BCUT2D eigenvalue weighted by atomic mass is 16.2. The molecule has 1 heterocycles. The molecule has 1 aliphatic heterocycles. The molecule has 0 radical (unpaired) electrons. The summed E-state index contributed by atoms with van der Waals surface area (Å²) in [5.41, 5.74) is 2.97. The first-order chi connectivity index (χ1) is 12.1. The molecule has 128 valence electrons. The molecule has 0 unspecified atom stereocenters. The van der Waals surface area contributed by atoms with Crippen LogP contribution in [0.25, 0.3) is 6.08 Å². The highest BCUT2D eigenvalue weighted by Crippen LogP contribution is 2.21. The summed E-state index contributed by atoms with van der Waals surface area (Å²) in [4.78, 5) is 27.5. The second-order valence-electron chi connectivity index (χ2n) is 6.25. The number of hydrogen-bond donors (Lipinski definition) is 0. The Kier molecular flexibility index (Phi) is 5.29. The van der Waals surface area contributed by atoms with Crippen LogP contribution in [0.1, 0.15) is 24.0 Å². The number of nitrogens with zero attached hydrogens (tertiary/aromatic N) is 2. The molecule has 25 heavy (non-hydrogen) atoms. The van der Waals surface area contributed by atoms with Crippen molar-refractivity contribution in [3.05, 3.63) is 71.8 Å². The first-order valence-electron chi connectivity index (χ1n) is 8.51. The van der Waals surface area contributed by atoms with Crippen molar-refractivity contribution in [3.63, 3.8) is 0 Å². The van der Waals surface area contributed by atoms with Crippen molar-refractivity contribution in [2.45, 2.75) is 19.4 Å². The standard InChI is InChI=1S/C21H22N2O2/c1-22(16-18-6-3-2-4-7-18)20(24)14-11-17-9-12-19(13-10-17)23-15-5-8-21(23)25/h2-4,6-7,9-14H,5,8,15-16H2,1H3/b14-11+. The number of amides is 2. The van der Waals surface area contributed by atoms with Gasteiger partial charge in [-0.15, -0.1) is 0 Å². The monoisotopic (exact) mass is 334 g/mol. The minimum absolute atomic E-state index is 0.0392. The molecule has 0 bridgehead atoms. The largest absolute Gasteiger partial charge is 0.338 e. The Morgan fingerprint density at radius 1 is 1.12 bits per heavy atom. The lowest BCUT2D eigenvalue weighted by molar-refractivity contribution is -0.125.